The monoisotopic (exact) mass is 266 g/mol. The molecule has 2 rings (SSSR count). The average molecular weight is 266 g/mol. The smallest absolute Gasteiger partial charge is 0.223 e. The summed E-state index contributed by atoms with van der Waals surface area (Å²) in [5, 5.41) is 1.07. The van der Waals surface area contributed by atoms with Gasteiger partial charge >= 0.3 is 0 Å². The van der Waals surface area contributed by atoms with Crippen LogP contribution in [-0.2, 0) is 11.2 Å². The molecule has 5 nitrogen and oxygen atoms in total. The van der Waals surface area contributed by atoms with E-state index in [1.165, 1.54) is 4.88 Å². The average Bonchev–Trinajstić information content (AvgIpc) is 2.77. The first kappa shape index (κ1) is 13.0. The number of methoxy groups -OCH3 is 1. The summed E-state index contributed by atoms with van der Waals surface area (Å²) in [6.07, 6.45) is 1.00. The Hall–Kier alpha value is -1.40. The highest BCUT2D eigenvalue weighted by atomic mass is 32.1. The lowest BCUT2D eigenvalue weighted by atomic mass is 10.3. The van der Waals surface area contributed by atoms with Gasteiger partial charge in [0.25, 0.3) is 0 Å². The van der Waals surface area contributed by atoms with Gasteiger partial charge in [-0.25, -0.2) is 4.98 Å². The molecule has 0 saturated carbocycles. The summed E-state index contributed by atoms with van der Waals surface area (Å²) in [6, 6.07) is 2.15. The van der Waals surface area contributed by atoms with E-state index in [9.17, 15) is 0 Å². The van der Waals surface area contributed by atoms with E-state index in [-0.39, 0.29) is 0 Å². The van der Waals surface area contributed by atoms with Crippen molar-refractivity contribution in [1.29, 1.82) is 0 Å². The van der Waals surface area contributed by atoms with Crippen molar-refractivity contribution in [2.24, 2.45) is 0 Å². The lowest BCUT2D eigenvalue weighted by Gasteiger charge is -2.18. The summed E-state index contributed by atoms with van der Waals surface area (Å²) in [6.45, 7) is 3.57. The first-order chi connectivity index (χ1) is 8.65. The highest BCUT2D eigenvalue weighted by Crippen LogP contribution is 2.31. The van der Waals surface area contributed by atoms with Gasteiger partial charge in [-0.2, -0.15) is 4.98 Å². The summed E-state index contributed by atoms with van der Waals surface area (Å²) < 4.78 is 5.09. The predicted octanol–water partition coefficient (Wildman–Crippen LogP) is 1.92. The summed E-state index contributed by atoms with van der Waals surface area (Å²) in [4.78, 5) is 12.9. The summed E-state index contributed by atoms with van der Waals surface area (Å²) in [5.74, 6) is 1.21. The number of nitrogens with zero attached hydrogens (tertiary/aromatic N) is 3. The number of thiophene rings is 1. The lowest BCUT2D eigenvalue weighted by Crippen LogP contribution is -2.23. The largest absolute Gasteiger partial charge is 0.383 e. The first-order valence-corrected chi connectivity index (χ1v) is 6.73. The van der Waals surface area contributed by atoms with Crippen LogP contribution in [-0.4, -0.2) is 37.3 Å². The number of nitrogens with two attached hydrogens (primary N) is 1. The number of hydrogen-bond acceptors (Lipinski definition) is 6. The van der Waals surface area contributed by atoms with Gasteiger partial charge in [0.05, 0.1) is 12.0 Å². The number of hydrogen-bond donors (Lipinski definition) is 1. The van der Waals surface area contributed by atoms with Gasteiger partial charge in [0.2, 0.25) is 5.95 Å². The zero-order chi connectivity index (χ0) is 13.1. The van der Waals surface area contributed by atoms with Crippen molar-refractivity contribution in [2.75, 3.05) is 37.9 Å². The van der Waals surface area contributed by atoms with Crippen LogP contribution < -0.4 is 10.6 Å². The van der Waals surface area contributed by atoms with E-state index in [0.29, 0.717) is 12.6 Å². The Morgan fingerprint density at radius 2 is 2.22 bits per heavy atom. The minimum atomic E-state index is 0.325. The van der Waals surface area contributed by atoms with Crippen molar-refractivity contribution in [2.45, 2.75) is 13.3 Å². The summed E-state index contributed by atoms with van der Waals surface area (Å²) in [5.41, 5.74) is 5.77. The van der Waals surface area contributed by atoms with Crippen molar-refractivity contribution < 1.29 is 4.74 Å². The van der Waals surface area contributed by atoms with Crippen LogP contribution >= 0.6 is 11.3 Å². The molecular formula is C12H18N4OS. The van der Waals surface area contributed by atoms with Gasteiger partial charge in [-0.15, -0.1) is 11.3 Å². The highest BCUT2D eigenvalue weighted by molar-refractivity contribution is 7.18. The second-order valence-electron chi connectivity index (χ2n) is 4.10. The number of likely N-dealkylation sites (N-methyl/N-ethyl adjacent to an activating group) is 1. The van der Waals surface area contributed by atoms with Gasteiger partial charge in [-0.3, -0.25) is 0 Å². The van der Waals surface area contributed by atoms with Gasteiger partial charge in [0.15, 0.2) is 0 Å². The lowest BCUT2D eigenvalue weighted by molar-refractivity contribution is 0.206. The topological polar surface area (TPSA) is 64.3 Å². The van der Waals surface area contributed by atoms with Crippen molar-refractivity contribution in [3.8, 4) is 0 Å². The molecule has 0 fully saturated rings. The molecule has 2 N–H and O–H groups in total. The van der Waals surface area contributed by atoms with Crippen LogP contribution in [0.2, 0.25) is 0 Å². The maximum atomic E-state index is 5.77. The molecule has 2 heterocycles. The molecule has 18 heavy (non-hydrogen) atoms. The van der Waals surface area contributed by atoms with E-state index >= 15 is 0 Å². The van der Waals surface area contributed by atoms with Crippen LogP contribution in [0, 0.1) is 0 Å². The normalized spacial score (nSPS) is 11.1. The van der Waals surface area contributed by atoms with Crippen molar-refractivity contribution in [1.82, 2.24) is 9.97 Å². The number of rotatable bonds is 5. The van der Waals surface area contributed by atoms with Gasteiger partial charge in [0.1, 0.15) is 10.6 Å². The van der Waals surface area contributed by atoms with E-state index in [0.717, 1.165) is 29.0 Å². The van der Waals surface area contributed by atoms with E-state index < -0.39 is 0 Å². The zero-order valence-corrected chi connectivity index (χ0v) is 11.8. The maximum absolute atomic E-state index is 5.77. The zero-order valence-electron chi connectivity index (χ0n) is 10.9. The van der Waals surface area contributed by atoms with Gasteiger partial charge < -0.3 is 15.4 Å². The molecular weight excluding hydrogens is 248 g/mol. The molecule has 0 unspecified atom stereocenters. The fourth-order valence-electron chi connectivity index (χ4n) is 1.77. The molecule has 0 aliphatic heterocycles. The molecule has 0 bridgehead atoms. The molecule has 0 saturated heterocycles. The van der Waals surface area contributed by atoms with Gasteiger partial charge in [-0.1, -0.05) is 6.92 Å². The number of aryl methyl sites for hydroxylation is 1. The molecule has 2 aromatic heterocycles. The van der Waals surface area contributed by atoms with E-state index in [1.54, 1.807) is 18.4 Å². The minimum Gasteiger partial charge on any atom is -0.383 e. The highest BCUT2D eigenvalue weighted by Gasteiger charge is 2.13. The predicted molar refractivity (Wildman–Crippen MR) is 76.4 cm³/mol. The molecule has 6 heteroatoms. The number of nitrogen functional groups attached to an aromatic ring is 1. The summed E-state index contributed by atoms with van der Waals surface area (Å²) >= 11 is 1.68. The third-order valence-corrected chi connectivity index (χ3v) is 3.96. The summed E-state index contributed by atoms with van der Waals surface area (Å²) in [7, 11) is 3.68. The van der Waals surface area contributed by atoms with Crippen LogP contribution in [0.4, 0.5) is 11.8 Å². The molecule has 0 radical (unpaired) electrons. The van der Waals surface area contributed by atoms with Gasteiger partial charge in [0, 0.05) is 25.6 Å². The quantitative estimate of drug-likeness (QED) is 0.895. The van der Waals surface area contributed by atoms with Crippen molar-refractivity contribution in [3.63, 3.8) is 0 Å². The second-order valence-corrected chi connectivity index (χ2v) is 5.22. The Bertz CT molecular complexity index is 540. The van der Waals surface area contributed by atoms with Crippen molar-refractivity contribution in [3.05, 3.63) is 10.9 Å². The molecule has 0 spiro atoms. The molecule has 0 aliphatic carbocycles. The van der Waals surface area contributed by atoms with Crippen LogP contribution in [0.5, 0.6) is 0 Å². The Labute approximate surface area is 111 Å². The van der Waals surface area contributed by atoms with Crippen LogP contribution in [0.3, 0.4) is 0 Å². The fraction of sp³-hybridized carbons (Fsp3) is 0.500. The Balaban J connectivity index is 2.44. The Kier molecular flexibility index (Phi) is 3.98. The molecule has 0 amide bonds. The van der Waals surface area contributed by atoms with Crippen LogP contribution in [0.25, 0.3) is 10.2 Å². The fourth-order valence-corrected chi connectivity index (χ4v) is 2.74. The van der Waals surface area contributed by atoms with Crippen LogP contribution in [0.1, 0.15) is 11.8 Å². The molecule has 2 aromatic rings. The Morgan fingerprint density at radius 1 is 1.44 bits per heavy atom. The van der Waals surface area contributed by atoms with Crippen molar-refractivity contribution >= 4 is 33.3 Å². The molecule has 98 valence electrons. The minimum absolute atomic E-state index is 0.325. The number of ether oxygens (including phenoxy) is 1. The van der Waals surface area contributed by atoms with E-state index in [2.05, 4.69) is 27.9 Å². The number of aromatic nitrogens is 2. The second kappa shape index (κ2) is 5.49. The Morgan fingerprint density at radius 3 is 2.89 bits per heavy atom. The molecule has 0 aromatic carbocycles. The third kappa shape index (κ3) is 2.54. The third-order valence-electron chi connectivity index (χ3n) is 2.78. The van der Waals surface area contributed by atoms with E-state index in [1.807, 2.05) is 7.05 Å². The first-order valence-electron chi connectivity index (χ1n) is 5.91. The van der Waals surface area contributed by atoms with Gasteiger partial charge in [-0.05, 0) is 12.5 Å². The van der Waals surface area contributed by atoms with Crippen LogP contribution in [0.15, 0.2) is 6.07 Å². The van der Waals surface area contributed by atoms with E-state index in [4.69, 9.17) is 10.5 Å². The SMILES string of the molecule is CCc1cc2c(N(C)CCOC)nc(N)nc2s1. The molecule has 0 atom stereocenters. The standard InChI is InChI=1S/C12H18N4OS/c1-4-8-7-9-10(16(2)5-6-17-3)14-12(13)15-11(9)18-8/h7H,4-6H2,1-3H3,(H2,13,14,15). The number of fused-ring (bicyclic) bond motifs is 1. The maximum Gasteiger partial charge on any atom is 0.223 e. The molecule has 0 aliphatic rings. The number of anilines is 2.